The standard InChI is InChI=1S/C22H27N3O4/c1-22(2,3)29-20(26)13-28-17-8-6-16(7-9-17)24-21(27)19-11-15-5-4-14(12-23)10-18(15)25-19/h4-5,10-11,16-17,25H,6-9,13H2,1-3H3,(H,24,27). The van der Waals surface area contributed by atoms with E-state index in [1.807, 2.05) is 26.8 Å². The molecule has 0 spiro atoms. The lowest BCUT2D eigenvalue weighted by molar-refractivity contribution is -0.162. The van der Waals surface area contributed by atoms with E-state index in [1.54, 1.807) is 18.2 Å². The highest BCUT2D eigenvalue weighted by Crippen LogP contribution is 2.23. The minimum atomic E-state index is -0.513. The Balaban J connectivity index is 1.46. The molecule has 154 valence electrons. The SMILES string of the molecule is CC(C)(C)OC(=O)COC1CCC(NC(=O)c2cc3ccc(C#N)cc3[nH]2)CC1. The highest BCUT2D eigenvalue weighted by molar-refractivity contribution is 5.98. The number of hydrogen-bond donors (Lipinski definition) is 2. The number of aromatic nitrogens is 1. The molecule has 2 aromatic rings. The van der Waals surface area contributed by atoms with Crippen LogP contribution in [0.1, 0.15) is 62.5 Å². The van der Waals surface area contributed by atoms with Gasteiger partial charge in [-0.25, -0.2) is 4.79 Å². The third kappa shape index (κ3) is 5.81. The lowest BCUT2D eigenvalue weighted by atomic mass is 9.93. The first kappa shape index (κ1) is 20.9. The average molecular weight is 397 g/mol. The molecule has 0 aliphatic heterocycles. The van der Waals surface area contributed by atoms with Crippen LogP contribution in [0.4, 0.5) is 0 Å². The molecule has 0 unspecified atom stereocenters. The van der Waals surface area contributed by atoms with Crippen molar-refractivity contribution in [2.45, 2.75) is 64.2 Å². The van der Waals surface area contributed by atoms with Crippen LogP contribution < -0.4 is 5.32 Å². The van der Waals surface area contributed by atoms with Gasteiger partial charge in [-0.1, -0.05) is 6.07 Å². The summed E-state index contributed by atoms with van der Waals surface area (Å²) in [5.41, 5.74) is 1.30. The Kier molecular flexibility index (Phi) is 6.23. The molecule has 1 saturated carbocycles. The number of nitriles is 1. The molecule has 2 N–H and O–H groups in total. The van der Waals surface area contributed by atoms with Crippen LogP contribution in [0.25, 0.3) is 10.9 Å². The topological polar surface area (TPSA) is 104 Å². The Morgan fingerprint density at radius 2 is 1.93 bits per heavy atom. The molecule has 29 heavy (non-hydrogen) atoms. The Hall–Kier alpha value is -2.85. The van der Waals surface area contributed by atoms with Crippen molar-refractivity contribution < 1.29 is 19.1 Å². The van der Waals surface area contributed by atoms with E-state index in [1.165, 1.54) is 0 Å². The van der Waals surface area contributed by atoms with Crippen molar-refractivity contribution in [1.82, 2.24) is 10.3 Å². The number of nitrogens with one attached hydrogen (secondary N) is 2. The quantitative estimate of drug-likeness (QED) is 0.752. The first-order valence-electron chi connectivity index (χ1n) is 9.91. The van der Waals surface area contributed by atoms with Gasteiger partial charge in [-0.05, 0) is 64.7 Å². The fraction of sp³-hybridized carbons (Fsp3) is 0.500. The molecule has 0 radical (unpaired) electrons. The summed E-state index contributed by atoms with van der Waals surface area (Å²) in [6.45, 7) is 5.44. The number of amides is 1. The summed E-state index contributed by atoms with van der Waals surface area (Å²) in [7, 11) is 0. The highest BCUT2D eigenvalue weighted by Gasteiger charge is 2.25. The molecule has 0 atom stereocenters. The molecule has 0 bridgehead atoms. The van der Waals surface area contributed by atoms with E-state index in [4.69, 9.17) is 14.7 Å². The summed E-state index contributed by atoms with van der Waals surface area (Å²) in [5.74, 6) is -0.510. The predicted molar refractivity (Wildman–Crippen MR) is 108 cm³/mol. The average Bonchev–Trinajstić information content (AvgIpc) is 3.09. The molecule has 0 saturated heterocycles. The fourth-order valence-corrected chi connectivity index (χ4v) is 3.51. The number of ether oxygens (including phenoxy) is 2. The number of esters is 1. The Morgan fingerprint density at radius 3 is 2.59 bits per heavy atom. The molecule has 1 aliphatic rings. The van der Waals surface area contributed by atoms with E-state index in [0.29, 0.717) is 11.3 Å². The van der Waals surface area contributed by atoms with Crippen molar-refractivity contribution in [2.24, 2.45) is 0 Å². The first-order chi connectivity index (χ1) is 13.7. The second-order valence-corrected chi connectivity index (χ2v) is 8.44. The summed E-state index contributed by atoms with van der Waals surface area (Å²) < 4.78 is 10.9. The van der Waals surface area contributed by atoms with Gasteiger partial charge >= 0.3 is 5.97 Å². The van der Waals surface area contributed by atoms with Crippen LogP contribution in [-0.2, 0) is 14.3 Å². The zero-order valence-electron chi connectivity index (χ0n) is 17.1. The van der Waals surface area contributed by atoms with Crippen LogP contribution >= 0.6 is 0 Å². The van der Waals surface area contributed by atoms with Gasteiger partial charge in [-0.2, -0.15) is 5.26 Å². The van der Waals surface area contributed by atoms with Crippen molar-refractivity contribution in [3.8, 4) is 6.07 Å². The van der Waals surface area contributed by atoms with Gasteiger partial charge in [-0.15, -0.1) is 0 Å². The van der Waals surface area contributed by atoms with Gasteiger partial charge < -0.3 is 19.8 Å². The van der Waals surface area contributed by atoms with Gasteiger partial charge in [0.2, 0.25) is 0 Å². The monoisotopic (exact) mass is 397 g/mol. The van der Waals surface area contributed by atoms with Crippen molar-refractivity contribution >= 4 is 22.8 Å². The molecule has 1 aromatic heterocycles. The number of aromatic amines is 1. The zero-order chi connectivity index (χ0) is 21.0. The van der Waals surface area contributed by atoms with Crippen LogP contribution in [0.3, 0.4) is 0 Å². The van der Waals surface area contributed by atoms with Gasteiger partial charge in [0, 0.05) is 16.9 Å². The minimum absolute atomic E-state index is 0.00755. The van der Waals surface area contributed by atoms with Crippen LogP contribution in [0, 0.1) is 11.3 Å². The van der Waals surface area contributed by atoms with Gasteiger partial charge in [-0.3, -0.25) is 4.79 Å². The molecule has 7 nitrogen and oxygen atoms in total. The van der Waals surface area contributed by atoms with Crippen molar-refractivity contribution in [3.05, 3.63) is 35.5 Å². The van der Waals surface area contributed by atoms with E-state index in [9.17, 15) is 9.59 Å². The summed E-state index contributed by atoms with van der Waals surface area (Å²) >= 11 is 0. The van der Waals surface area contributed by atoms with Crippen molar-refractivity contribution in [3.63, 3.8) is 0 Å². The van der Waals surface area contributed by atoms with E-state index in [0.717, 1.165) is 36.6 Å². The molecule has 1 amide bonds. The van der Waals surface area contributed by atoms with Crippen molar-refractivity contribution in [2.75, 3.05) is 6.61 Å². The number of fused-ring (bicyclic) bond motifs is 1. The molecular formula is C22H27N3O4. The predicted octanol–water partition coefficient (Wildman–Crippen LogP) is 3.44. The van der Waals surface area contributed by atoms with Gasteiger partial charge in [0.05, 0.1) is 17.7 Å². The summed E-state index contributed by atoms with van der Waals surface area (Å²) in [5, 5.41) is 12.9. The molecule has 7 heteroatoms. The van der Waals surface area contributed by atoms with Gasteiger partial charge in [0.25, 0.3) is 5.91 Å². The number of carbonyl (C=O) groups is 2. The third-order valence-corrected chi connectivity index (χ3v) is 4.86. The highest BCUT2D eigenvalue weighted by atomic mass is 16.6. The summed E-state index contributed by atoms with van der Waals surface area (Å²) in [6, 6.07) is 9.26. The summed E-state index contributed by atoms with van der Waals surface area (Å²) in [6.07, 6.45) is 3.17. The second kappa shape index (κ2) is 8.66. The van der Waals surface area contributed by atoms with E-state index in [2.05, 4.69) is 16.4 Å². The van der Waals surface area contributed by atoms with Crippen LogP contribution in [0.15, 0.2) is 24.3 Å². The fourth-order valence-electron chi connectivity index (χ4n) is 3.51. The normalized spacial score (nSPS) is 19.5. The largest absolute Gasteiger partial charge is 0.458 e. The lowest BCUT2D eigenvalue weighted by Gasteiger charge is -2.29. The summed E-state index contributed by atoms with van der Waals surface area (Å²) in [4.78, 5) is 27.4. The maximum absolute atomic E-state index is 12.6. The van der Waals surface area contributed by atoms with Crippen LogP contribution in [0.5, 0.6) is 0 Å². The van der Waals surface area contributed by atoms with Crippen LogP contribution in [0.2, 0.25) is 0 Å². The molecule has 1 aliphatic carbocycles. The Bertz CT molecular complexity index is 928. The third-order valence-electron chi connectivity index (χ3n) is 4.86. The molecule has 1 aromatic carbocycles. The maximum atomic E-state index is 12.6. The molecule has 1 heterocycles. The smallest absolute Gasteiger partial charge is 0.332 e. The van der Waals surface area contributed by atoms with E-state index in [-0.39, 0.29) is 30.6 Å². The van der Waals surface area contributed by atoms with E-state index >= 15 is 0 Å². The number of hydrogen-bond acceptors (Lipinski definition) is 5. The maximum Gasteiger partial charge on any atom is 0.332 e. The molecule has 3 rings (SSSR count). The van der Waals surface area contributed by atoms with E-state index < -0.39 is 5.60 Å². The Morgan fingerprint density at radius 1 is 1.21 bits per heavy atom. The number of H-pyrrole nitrogens is 1. The van der Waals surface area contributed by atoms with Crippen LogP contribution in [-0.4, -0.2) is 41.2 Å². The van der Waals surface area contributed by atoms with Crippen molar-refractivity contribution in [1.29, 1.82) is 5.26 Å². The Labute approximate surface area is 170 Å². The van der Waals surface area contributed by atoms with Gasteiger partial charge in [0.1, 0.15) is 17.9 Å². The minimum Gasteiger partial charge on any atom is -0.458 e. The second-order valence-electron chi connectivity index (χ2n) is 8.44. The number of rotatable bonds is 5. The number of benzene rings is 1. The van der Waals surface area contributed by atoms with Gasteiger partial charge in [0.15, 0.2) is 0 Å². The molecule has 1 fully saturated rings. The lowest BCUT2D eigenvalue weighted by Crippen LogP contribution is -2.39. The number of carbonyl (C=O) groups excluding carboxylic acids is 2. The zero-order valence-corrected chi connectivity index (χ0v) is 17.1. The molecular weight excluding hydrogens is 370 g/mol. The number of nitrogens with zero attached hydrogens (tertiary/aromatic N) is 1. The first-order valence-corrected chi connectivity index (χ1v) is 9.91.